The summed E-state index contributed by atoms with van der Waals surface area (Å²) in [5.41, 5.74) is 7.16. The zero-order valence-corrected chi connectivity index (χ0v) is 27.3. The van der Waals surface area contributed by atoms with Crippen LogP contribution >= 0.6 is 11.3 Å². The summed E-state index contributed by atoms with van der Waals surface area (Å²) in [5, 5.41) is 12.7. The van der Waals surface area contributed by atoms with Crippen molar-refractivity contribution in [2.75, 3.05) is 0 Å². The molecule has 0 atom stereocenters. The molecule has 3 heterocycles. The van der Waals surface area contributed by atoms with Crippen LogP contribution in [0.5, 0.6) is 0 Å². The quantitative estimate of drug-likeness (QED) is 0.171. The molecule has 7 aromatic carbocycles. The number of nitrogens with zero attached hydrogens (tertiary/aromatic N) is 2. The van der Waals surface area contributed by atoms with Gasteiger partial charge in [-0.15, -0.1) is 11.3 Å². The molecule has 0 saturated carbocycles. The average molecular weight is 631 g/mol. The molecule has 0 amide bonds. The van der Waals surface area contributed by atoms with E-state index in [1.165, 1.54) is 91.0 Å². The Bertz CT molecular complexity index is 3030. The molecule has 3 heteroatoms. The van der Waals surface area contributed by atoms with Crippen molar-refractivity contribution >= 4 is 102 Å². The first-order valence-electron chi connectivity index (χ1n) is 16.4. The van der Waals surface area contributed by atoms with E-state index in [1.54, 1.807) is 0 Å². The Labute approximate surface area is 281 Å². The molecular weight excluding hydrogens is 601 g/mol. The second-order valence-electron chi connectivity index (χ2n) is 12.5. The Morgan fingerprint density at radius 1 is 0.583 bits per heavy atom. The van der Waals surface area contributed by atoms with Gasteiger partial charge in [0.1, 0.15) is 0 Å². The van der Waals surface area contributed by atoms with Crippen molar-refractivity contribution in [3.8, 4) is 5.69 Å². The first kappa shape index (κ1) is 27.2. The van der Waals surface area contributed by atoms with E-state index in [1.807, 2.05) is 23.5 Å². The topological polar surface area (TPSA) is 9.86 Å². The summed E-state index contributed by atoms with van der Waals surface area (Å²) in [4.78, 5) is 0. The van der Waals surface area contributed by atoms with Crippen LogP contribution in [-0.4, -0.2) is 9.13 Å². The van der Waals surface area contributed by atoms with Gasteiger partial charge in [-0.1, -0.05) is 116 Å². The standard InChI is InChI=1S/C45H30N2S/c1-3-5-16-30(4-2)46-38-21-12-10-20-36(38)42-34-18-8-9-19-35(34)44-43(45(42)46)37-25-28-14-6-7-15-29(28)26-39(37)47(44)31-23-24-33-32-17-11-13-22-40(32)48-41(33)27-31/h3-27H,1H2,2H3/b16-5-,30-4+. The first-order chi connectivity index (χ1) is 23.7. The fourth-order valence-electron chi connectivity index (χ4n) is 7.98. The van der Waals surface area contributed by atoms with Gasteiger partial charge in [0.2, 0.25) is 0 Å². The molecule has 3 aromatic heterocycles. The molecule has 0 saturated heterocycles. The molecule has 0 fully saturated rings. The highest BCUT2D eigenvalue weighted by Crippen LogP contribution is 2.48. The Hall–Kier alpha value is -5.90. The number of hydrogen-bond acceptors (Lipinski definition) is 1. The van der Waals surface area contributed by atoms with Crippen LogP contribution in [0, 0.1) is 0 Å². The molecule has 2 nitrogen and oxygen atoms in total. The highest BCUT2D eigenvalue weighted by molar-refractivity contribution is 7.25. The molecule has 0 bridgehead atoms. The minimum atomic E-state index is 1.12. The van der Waals surface area contributed by atoms with E-state index >= 15 is 0 Å². The largest absolute Gasteiger partial charge is 0.309 e. The molecule has 0 unspecified atom stereocenters. The van der Waals surface area contributed by atoms with E-state index < -0.39 is 0 Å². The minimum absolute atomic E-state index is 1.12. The van der Waals surface area contributed by atoms with Crippen LogP contribution < -0.4 is 0 Å². The lowest BCUT2D eigenvalue weighted by Crippen LogP contribution is -1.97. The summed E-state index contributed by atoms with van der Waals surface area (Å²) in [6, 6.07) is 47.1. The van der Waals surface area contributed by atoms with Gasteiger partial charge in [0, 0.05) is 58.5 Å². The molecule has 226 valence electrons. The fraction of sp³-hybridized carbons (Fsp3) is 0.0222. The van der Waals surface area contributed by atoms with Gasteiger partial charge in [-0.3, -0.25) is 0 Å². The monoisotopic (exact) mass is 630 g/mol. The third-order valence-electron chi connectivity index (χ3n) is 9.98. The van der Waals surface area contributed by atoms with Crippen LogP contribution in [0.4, 0.5) is 0 Å². The number of allylic oxidation sites excluding steroid dienone is 5. The lowest BCUT2D eigenvalue weighted by atomic mass is 9.98. The normalized spacial score (nSPS) is 12.8. The summed E-state index contributed by atoms with van der Waals surface area (Å²) < 4.78 is 7.61. The summed E-state index contributed by atoms with van der Waals surface area (Å²) in [6.07, 6.45) is 8.26. The minimum Gasteiger partial charge on any atom is -0.309 e. The zero-order valence-electron chi connectivity index (χ0n) is 26.4. The van der Waals surface area contributed by atoms with Gasteiger partial charge in [0.25, 0.3) is 0 Å². The number of hydrogen-bond donors (Lipinski definition) is 0. The van der Waals surface area contributed by atoms with Crippen molar-refractivity contribution in [3.05, 3.63) is 158 Å². The molecule has 0 spiro atoms. The SMILES string of the molecule is C=C/C=C\C(=C/C)n1c2ccccc2c2c3ccccc3c3c(c4cc5ccccc5cc4n3-c3ccc4c(c3)sc3ccccc34)c21. The van der Waals surface area contributed by atoms with Gasteiger partial charge in [0.15, 0.2) is 0 Å². The van der Waals surface area contributed by atoms with Crippen molar-refractivity contribution in [1.82, 2.24) is 9.13 Å². The van der Waals surface area contributed by atoms with Crippen LogP contribution in [0.1, 0.15) is 6.92 Å². The average Bonchev–Trinajstić information content (AvgIpc) is 3.79. The van der Waals surface area contributed by atoms with Gasteiger partial charge >= 0.3 is 0 Å². The van der Waals surface area contributed by atoms with Crippen molar-refractivity contribution < 1.29 is 0 Å². The Morgan fingerprint density at radius 3 is 2.08 bits per heavy atom. The van der Waals surface area contributed by atoms with E-state index in [0.717, 1.165) is 5.70 Å². The predicted octanol–water partition coefficient (Wildman–Crippen LogP) is 13.2. The van der Waals surface area contributed by atoms with E-state index in [4.69, 9.17) is 0 Å². The van der Waals surface area contributed by atoms with Crippen molar-refractivity contribution in [3.63, 3.8) is 0 Å². The summed E-state index contributed by atoms with van der Waals surface area (Å²) in [7, 11) is 0. The van der Waals surface area contributed by atoms with Crippen molar-refractivity contribution in [2.24, 2.45) is 0 Å². The highest BCUT2D eigenvalue weighted by Gasteiger charge is 2.25. The van der Waals surface area contributed by atoms with Gasteiger partial charge in [-0.2, -0.15) is 0 Å². The number of rotatable bonds is 4. The van der Waals surface area contributed by atoms with E-state index in [9.17, 15) is 0 Å². The molecular formula is C45H30N2S. The maximum atomic E-state index is 3.98. The number of benzene rings is 7. The number of fused-ring (bicyclic) bond motifs is 14. The van der Waals surface area contributed by atoms with E-state index in [0.29, 0.717) is 0 Å². The smallest absolute Gasteiger partial charge is 0.0647 e. The molecule has 48 heavy (non-hydrogen) atoms. The molecule has 0 radical (unpaired) electrons. The van der Waals surface area contributed by atoms with E-state index in [2.05, 4.69) is 162 Å². The summed E-state index contributed by atoms with van der Waals surface area (Å²) >= 11 is 1.87. The molecule has 10 aromatic rings. The van der Waals surface area contributed by atoms with Crippen molar-refractivity contribution in [2.45, 2.75) is 6.92 Å². The van der Waals surface area contributed by atoms with Crippen LogP contribution in [0.25, 0.3) is 96.7 Å². The van der Waals surface area contributed by atoms with Gasteiger partial charge in [-0.25, -0.2) is 0 Å². The molecule has 0 aliphatic rings. The Morgan fingerprint density at radius 2 is 1.27 bits per heavy atom. The van der Waals surface area contributed by atoms with Crippen LogP contribution in [0.3, 0.4) is 0 Å². The van der Waals surface area contributed by atoms with Crippen molar-refractivity contribution in [1.29, 1.82) is 0 Å². The van der Waals surface area contributed by atoms with Crippen LogP contribution in [0.15, 0.2) is 158 Å². The summed E-state index contributed by atoms with van der Waals surface area (Å²) in [5.74, 6) is 0. The Kier molecular flexibility index (Phi) is 5.84. The zero-order chi connectivity index (χ0) is 31.9. The van der Waals surface area contributed by atoms with Gasteiger partial charge in [0.05, 0.1) is 22.1 Å². The van der Waals surface area contributed by atoms with Crippen LogP contribution in [0.2, 0.25) is 0 Å². The lowest BCUT2D eigenvalue weighted by Gasteiger charge is -2.13. The Balaban J connectivity index is 1.49. The first-order valence-corrected chi connectivity index (χ1v) is 17.2. The second-order valence-corrected chi connectivity index (χ2v) is 13.6. The highest BCUT2D eigenvalue weighted by atomic mass is 32.1. The molecule has 0 aliphatic heterocycles. The third kappa shape index (κ3) is 3.68. The number of thiophene rings is 1. The molecule has 0 aliphatic carbocycles. The second kappa shape index (κ2) is 10.3. The van der Waals surface area contributed by atoms with Gasteiger partial charge in [-0.05, 0) is 65.6 Å². The lowest BCUT2D eigenvalue weighted by molar-refractivity contribution is 1.19. The fourth-order valence-corrected chi connectivity index (χ4v) is 9.12. The van der Waals surface area contributed by atoms with Crippen LogP contribution in [-0.2, 0) is 0 Å². The van der Waals surface area contributed by atoms with Gasteiger partial charge < -0.3 is 9.13 Å². The third-order valence-corrected chi connectivity index (χ3v) is 11.1. The number of para-hydroxylation sites is 1. The maximum absolute atomic E-state index is 3.98. The number of aromatic nitrogens is 2. The summed E-state index contributed by atoms with van der Waals surface area (Å²) in [6.45, 7) is 6.10. The maximum Gasteiger partial charge on any atom is 0.0647 e. The molecule has 10 rings (SSSR count). The predicted molar refractivity (Wildman–Crippen MR) is 211 cm³/mol. The van der Waals surface area contributed by atoms with E-state index in [-0.39, 0.29) is 0 Å². The molecule has 0 N–H and O–H groups in total.